The van der Waals surface area contributed by atoms with Crippen LogP contribution in [0.2, 0.25) is 0 Å². The van der Waals surface area contributed by atoms with Gasteiger partial charge in [0.05, 0.1) is 0 Å². The predicted molar refractivity (Wildman–Crippen MR) is 84.2 cm³/mol. The zero-order valence-corrected chi connectivity index (χ0v) is 12.3. The number of hydrogen-bond donors (Lipinski definition) is 2. The standard InChI is InChI=1S/C17H20N2O2/c1-3-10-18-16(20)12(2)19-17(21)15-9-8-13-6-4-5-7-14(13)11-15/h4-9,11-12H,3,10H2,1-2H3,(H,18,20)(H,19,21)/t12-/m1/s1. The molecule has 0 fully saturated rings. The van der Waals surface area contributed by atoms with Gasteiger partial charge in [0.2, 0.25) is 5.91 Å². The molecule has 2 amide bonds. The van der Waals surface area contributed by atoms with Gasteiger partial charge in [0, 0.05) is 12.1 Å². The Kier molecular flexibility index (Phi) is 4.93. The fourth-order valence-electron chi connectivity index (χ4n) is 2.08. The molecule has 0 saturated heterocycles. The molecule has 0 saturated carbocycles. The number of carbonyl (C=O) groups is 2. The number of nitrogens with one attached hydrogen (secondary N) is 2. The molecule has 0 spiro atoms. The molecule has 2 aromatic rings. The molecule has 2 rings (SSSR count). The Morgan fingerprint density at radius 2 is 1.81 bits per heavy atom. The van der Waals surface area contributed by atoms with Gasteiger partial charge < -0.3 is 10.6 Å². The molecule has 4 heteroatoms. The molecule has 4 nitrogen and oxygen atoms in total. The molecular weight excluding hydrogens is 264 g/mol. The highest BCUT2D eigenvalue weighted by Crippen LogP contribution is 2.15. The molecule has 0 aliphatic carbocycles. The van der Waals surface area contributed by atoms with Crippen molar-refractivity contribution in [3.8, 4) is 0 Å². The minimum Gasteiger partial charge on any atom is -0.354 e. The van der Waals surface area contributed by atoms with Gasteiger partial charge in [-0.2, -0.15) is 0 Å². The molecule has 2 N–H and O–H groups in total. The second kappa shape index (κ2) is 6.88. The Morgan fingerprint density at radius 1 is 1.10 bits per heavy atom. The fourth-order valence-corrected chi connectivity index (χ4v) is 2.08. The average molecular weight is 284 g/mol. The maximum atomic E-state index is 12.2. The van der Waals surface area contributed by atoms with Crippen molar-refractivity contribution in [2.75, 3.05) is 6.54 Å². The molecule has 1 atom stereocenters. The summed E-state index contributed by atoms with van der Waals surface area (Å²) in [6, 6.07) is 12.8. The summed E-state index contributed by atoms with van der Waals surface area (Å²) in [4.78, 5) is 23.9. The zero-order chi connectivity index (χ0) is 15.2. The van der Waals surface area contributed by atoms with Gasteiger partial charge in [-0.1, -0.05) is 37.3 Å². The summed E-state index contributed by atoms with van der Waals surface area (Å²) in [7, 11) is 0. The van der Waals surface area contributed by atoms with Crippen molar-refractivity contribution in [3.05, 3.63) is 48.0 Å². The molecule has 0 aliphatic rings. The van der Waals surface area contributed by atoms with Crippen LogP contribution in [0.25, 0.3) is 10.8 Å². The molecule has 21 heavy (non-hydrogen) atoms. The maximum Gasteiger partial charge on any atom is 0.251 e. The van der Waals surface area contributed by atoms with Crippen molar-refractivity contribution in [2.24, 2.45) is 0 Å². The van der Waals surface area contributed by atoms with Crippen LogP contribution in [0.4, 0.5) is 0 Å². The van der Waals surface area contributed by atoms with Crippen molar-refractivity contribution in [2.45, 2.75) is 26.3 Å². The first kappa shape index (κ1) is 15.0. The quantitative estimate of drug-likeness (QED) is 0.886. The first-order valence-electron chi connectivity index (χ1n) is 7.19. The lowest BCUT2D eigenvalue weighted by Gasteiger charge is -2.14. The number of rotatable bonds is 5. The second-order valence-electron chi connectivity index (χ2n) is 5.05. The first-order valence-corrected chi connectivity index (χ1v) is 7.19. The molecule has 0 aromatic heterocycles. The van der Waals surface area contributed by atoms with E-state index in [1.165, 1.54) is 0 Å². The van der Waals surface area contributed by atoms with E-state index in [-0.39, 0.29) is 11.8 Å². The molecular formula is C17H20N2O2. The predicted octanol–water partition coefficient (Wildman–Crippen LogP) is 2.48. The van der Waals surface area contributed by atoms with Gasteiger partial charge in [-0.15, -0.1) is 0 Å². The zero-order valence-electron chi connectivity index (χ0n) is 12.3. The largest absolute Gasteiger partial charge is 0.354 e. The van der Waals surface area contributed by atoms with E-state index >= 15 is 0 Å². The summed E-state index contributed by atoms with van der Waals surface area (Å²) in [5.74, 6) is -0.397. The third kappa shape index (κ3) is 3.81. The number of hydrogen-bond acceptors (Lipinski definition) is 2. The lowest BCUT2D eigenvalue weighted by atomic mass is 10.1. The minimum atomic E-state index is -0.546. The Bertz CT molecular complexity index is 652. The van der Waals surface area contributed by atoms with Crippen LogP contribution in [0.15, 0.2) is 42.5 Å². The van der Waals surface area contributed by atoms with Crippen molar-refractivity contribution in [1.82, 2.24) is 10.6 Å². The number of amides is 2. The van der Waals surface area contributed by atoms with Gasteiger partial charge >= 0.3 is 0 Å². The number of benzene rings is 2. The van der Waals surface area contributed by atoms with Gasteiger partial charge in [-0.05, 0) is 36.2 Å². The van der Waals surface area contributed by atoms with Crippen molar-refractivity contribution >= 4 is 22.6 Å². The summed E-state index contributed by atoms with van der Waals surface area (Å²) < 4.78 is 0. The van der Waals surface area contributed by atoms with E-state index in [4.69, 9.17) is 0 Å². The van der Waals surface area contributed by atoms with Gasteiger partial charge in [0.25, 0.3) is 5.91 Å². The SMILES string of the molecule is CCCNC(=O)[C@@H](C)NC(=O)c1ccc2ccccc2c1. The summed E-state index contributed by atoms with van der Waals surface area (Å²) in [6.45, 7) is 4.29. The Morgan fingerprint density at radius 3 is 2.52 bits per heavy atom. The van der Waals surface area contributed by atoms with Crippen molar-refractivity contribution in [3.63, 3.8) is 0 Å². The molecule has 0 aliphatic heterocycles. The lowest BCUT2D eigenvalue weighted by molar-refractivity contribution is -0.122. The molecule has 0 heterocycles. The minimum absolute atomic E-state index is 0.161. The molecule has 110 valence electrons. The Balaban J connectivity index is 2.06. The van der Waals surface area contributed by atoms with Gasteiger partial charge in [-0.3, -0.25) is 9.59 Å². The highest BCUT2D eigenvalue weighted by Gasteiger charge is 2.16. The van der Waals surface area contributed by atoms with Crippen LogP contribution in [0.3, 0.4) is 0 Å². The van der Waals surface area contributed by atoms with E-state index in [1.807, 2.05) is 43.3 Å². The average Bonchev–Trinajstić information content (AvgIpc) is 2.51. The molecule has 0 unspecified atom stereocenters. The summed E-state index contributed by atoms with van der Waals surface area (Å²) >= 11 is 0. The number of fused-ring (bicyclic) bond motifs is 1. The maximum absolute atomic E-state index is 12.2. The van der Waals surface area contributed by atoms with E-state index in [0.29, 0.717) is 12.1 Å². The van der Waals surface area contributed by atoms with Crippen molar-refractivity contribution < 1.29 is 9.59 Å². The van der Waals surface area contributed by atoms with Crippen LogP contribution in [-0.2, 0) is 4.79 Å². The van der Waals surface area contributed by atoms with Crippen LogP contribution in [-0.4, -0.2) is 24.4 Å². The van der Waals surface area contributed by atoms with Gasteiger partial charge in [-0.25, -0.2) is 0 Å². The second-order valence-corrected chi connectivity index (χ2v) is 5.05. The highest BCUT2D eigenvalue weighted by molar-refractivity contribution is 6.00. The highest BCUT2D eigenvalue weighted by atomic mass is 16.2. The number of carbonyl (C=O) groups excluding carboxylic acids is 2. The van der Waals surface area contributed by atoms with E-state index in [0.717, 1.165) is 17.2 Å². The Hall–Kier alpha value is -2.36. The van der Waals surface area contributed by atoms with Crippen LogP contribution in [0.5, 0.6) is 0 Å². The topological polar surface area (TPSA) is 58.2 Å². The smallest absolute Gasteiger partial charge is 0.251 e. The van der Waals surface area contributed by atoms with E-state index < -0.39 is 6.04 Å². The van der Waals surface area contributed by atoms with Gasteiger partial charge in [0.15, 0.2) is 0 Å². The van der Waals surface area contributed by atoms with E-state index in [2.05, 4.69) is 10.6 Å². The molecule has 0 radical (unpaired) electrons. The normalized spacial score (nSPS) is 11.9. The molecule has 0 bridgehead atoms. The summed E-state index contributed by atoms with van der Waals surface area (Å²) in [5, 5.41) is 7.58. The summed E-state index contributed by atoms with van der Waals surface area (Å²) in [5.41, 5.74) is 0.559. The lowest BCUT2D eigenvalue weighted by Crippen LogP contribution is -2.44. The fraction of sp³-hybridized carbons (Fsp3) is 0.294. The van der Waals surface area contributed by atoms with Gasteiger partial charge in [0.1, 0.15) is 6.04 Å². The Labute approximate surface area is 124 Å². The van der Waals surface area contributed by atoms with E-state index in [1.54, 1.807) is 13.0 Å². The summed E-state index contributed by atoms with van der Waals surface area (Å²) in [6.07, 6.45) is 0.872. The third-order valence-corrected chi connectivity index (χ3v) is 3.30. The van der Waals surface area contributed by atoms with E-state index in [9.17, 15) is 9.59 Å². The first-order chi connectivity index (χ1) is 10.1. The van der Waals surface area contributed by atoms with Crippen molar-refractivity contribution in [1.29, 1.82) is 0 Å². The van der Waals surface area contributed by atoms with Crippen LogP contribution in [0, 0.1) is 0 Å². The monoisotopic (exact) mass is 284 g/mol. The molecule has 2 aromatic carbocycles. The third-order valence-electron chi connectivity index (χ3n) is 3.30. The van der Waals surface area contributed by atoms with Crippen LogP contribution >= 0.6 is 0 Å². The van der Waals surface area contributed by atoms with Crippen LogP contribution in [0.1, 0.15) is 30.6 Å². The van der Waals surface area contributed by atoms with Crippen LogP contribution < -0.4 is 10.6 Å².